The van der Waals surface area contributed by atoms with Crippen LogP contribution in [0.5, 0.6) is 0 Å². The number of hydrogen-bond donors (Lipinski definition) is 2. The molecule has 3 fully saturated rings. The molecule has 6 rings (SSSR count). The summed E-state index contributed by atoms with van der Waals surface area (Å²) in [5.74, 6) is 0.884. The zero-order chi connectivity index (χ0) is 18.2. The molecule has 0 radical (unpaired) electrons. The number of carbonyl (C=O) groups is 1. The van der Waals surface area contributed by atoms with Crippen molar-refractivity contribution in [2.45, 2.75) is 36.1 Å². The lowest BCUT2D eigenvalue weighted by molar-refractivity contribution is -0.124. The quantitative estimate of drug-likeness (QED) is 0.728. The standard InChI is InChI=1S/C22H20ClN3O/c23-15-5-3-13(4-6-15)21(7-8-21)19(27)18-22(10-14(22)11-25-18)17-12-26-20-16(17)2-1-9-24-20/h1-6,9,12,14,18,25H,7-8,10-11H2,(H,24,26). The van der Waals surface area contributed by atoms with Gasteiger partial charge in [-0.25, -0.2) is 4.98 Å². The predicted octanol–water partition coefficient (Wildman–Crippen LogP) is 3.75. The monoisotopic (exact) mass is 377 g/mol. The largest absolute Gasteiger partial charge is 0.346 e. The Hall–Kier alpha value is -2.17. The number of piperidine rings is 1. The number of H-pyrrole nitrogens is 1. The van der Waals surface area contributed by atoms with E-state index in [0.717, 1.165) is 42.4 Å². The smallest absolute Gasteiger partial charge is 0.161 e. The van der Waals surface area contributed by atoms with Crippen LogP contribution < -0.4 is 5.32 Å². The summed E-state index contributed by atoms with van der Waals surface area (Å²) in [6.07, 6.45) is 6.82. The van der Waals surface area contributed by atoms with E-state index >= 15 is 0 Å². The molecule has 136 valence electrons. The van der Waals surface area contributed by atoms with Crippen LogP contribution in [0.3, 0.4) is 0 Å². The Labute approximate surface area is 162 Å². The molecule has 27 heavy (non-hydrogen) atoms. The minimum Gasteiger partial charge on any atom is -0.346 e. The molecule has 2 saturated carbocycles. The van der Waals surface area contributed by atoms with Gasteiger partial charge < -0.3 is 10.3 Å². The third-order valence-electron chi connectivity index (χ3n) is 7.07. The van der Waals surface area contributed by atoms with Crippen LogP contribution in [0.1, 0.15) is 30.4 Å². The Kier molecular flexibility index (Phi) is 3.06. The van der Waals surface area contributed by atoms with Crippen LogP contribution in [0.4, 0.5) is 0 Å². The van der Waals surface area contributed by atoms with Gasteiger partial charge in [0.15, 0.2) is 5.78 Å². The molecule has 3 atom stereocenters. The van der Waals surface area contributed by atoms with Crippen molar-refractivity contribution < 1.29 is 4.79 Å². The topological polar surface area (TPSA) is 57.8 Å². The lowest BCUT2D eigenvalue weighted by Crippen LogP contribution is -2.46. The Balaban J connectivity index is 1.41. The fraction of sp³-hybridized carbons (Fsp3) is 0.364. The maximum Gasteiger partial charge on any atom is 0.161 e. The molecule has 0 spiro atoms. The summed E-state index contributed by atoms with van der Waals surface area (Å²) in [6.45, 7) is 0.917. The minimum absolute atomic E-state index is 0.0830. The third kappa shape index (κ3) is 2.03. The van der Waals surface area contributed by atoms with Gasteiger partial charge in [-0.3, -0.25) is 4.79 Å². The molecule has 3 unspecified atom stereocenters. The van der Waals surface area contributed by atoms with Crippen LogP contribution in [0, 0.1) is 5.92 Å². The summed E-state index contributed by atoms with van der Waals surface area (Å²) < 4.78 is 0. The highest BCUT2D eigenvalue weighted by atomic mass is 35.5. The van der Waals surface area contributed by atoms with E-state index in [1.54, 1.807) is 6.20 Å². The number of rotatable bonds is 4. The zero-order valence-electron chi connectivity index (χ0n) is 14.8. The van der Waals surface area contributed by atoms with Gasteiger partial charge in [-0.05, 0) is 67.1 Å². The number of fused-ring (bicyclic) bond motifs is 2. The summed E-state index contributed by atoms with van der Waals surface area (Å²) in [6, 6.07) is 11.8. The molecule has 5 heteroatoms. The van der Waals surface area contributed by atoms with Gasteiger partial charge in [-0.2, -0.15) is 0 Å². The number of benzene rings is 1. The highest BCUT2D eigenvalue weighted by molar-refractivity contribution is 6.30. The van der Waals surface area contributed by atoms with Crippen molar-refractivity contribution >= 4 is 28.4 Å². The summed E-state index contributed by atoms with van der Waals surface area (Å²) in [7, 11) is 0. The first kappa shape index (κ1) is 15.8. The molecule has 1 saturated heterocycles. The van der Waals surface area contributed by atoms with E-state index in [-0.39, 0.29) is 16.9 Å². The van der Waals surface area contributed by atoms with E-state index < -0.39 is 0 Å². The fourth-order valence-corrected chi connectivity index (χ4v) is 5.53. The molecule has 3 aromatic rings. The number of nitrogens with zero attached hydrogens (tertiary/aromatic N) is 1. The third-order valence-corrected chi connectivity index (χ3v) is 7.32. The number of ketones is 1. The van der Waals surface area contributed by atoms with Crippen molar-refractivity contribution in [1.82, 2.24) is 15.3 Å². The number of hydrogen-bond acceptors (Lipinski definition) is 3. The van der Waals surface area contributed by atoms with Gasteiger partial charge in [0.1, 0.15) is 5.65 Å². The molecule has 0 amide bonds. The molecule has 2 N–H and O–H groups in total. The van der Waals surface area contributed by atoms with Crippen molar-refractivity contribution in [3.05, 3.63) is 64.9 Å². The van der Waals surface area contributed by atoms with Crippen LogP contribution in [0.25, 0.3) is 11.0 Å². The molecule has 1 aliphatic heterocycles. The second-order valence-corrected chi connectivity index (χ2v) is 8.77. The lowest BCUT2D eigenvalue weighted by atomic mass is 9.78. The Morgan fingerprint density at radius 2 is 2.00 bits per heavy atom. The van der Waals surface area contributed by atoms with E-state index in [0.29, 0.717) is 16.7 Å². The van der Waals surface area contributed by atoms with Gasteiger partial charge in [0, 0.05) is 28.2 Å². The first-order valence-corrected chi connectivity index (χ1v) is 9.99. The molecular weight excluding hydrogens is 358 g/mol. The van der Waals surface area contributed by atoms with E-state index in [1.807, 2.05) is 30.3 Å². The molecule has 3 heterocycles. The number of aromatic nitrogens is 2. The zero-order valence-corrected chi connectivity index (χ0v) is 15.6. The summed E-state index contributed by atoms with van der Waals surface area (Å²) in [5.41, 5.74) is 2.85. The lowest BCUT2D eigenvalue weighted by Gasteiger charge is -2.27. The first-order valence-electron chi connectivity index (χ1n) is 9.61. The maximum absolute atomic E-state index is 13.8. The highest BCUT2D eigenvalue weighted by Crippen LogP contribution is 2.63. The average molecular weight is 378 g/mol. The first-order chi connectivity index (χ1) is 13.1. The second-order valence-electron chi connectivity index (χ2n) is 8.34. The van der Waals surface area contributed by atoms with Gasteiger partial charge in [0.05, 0.1) is 11.5 Å². The van der Waals surface area contributed by atoms with Crippen molar-refractivity contribution in [2.24, 2.45) is 5.92 Å². The van der Waals surface area contributed by atoms with E-state index in [4.69, 9.17) is 11.6 Å². The van der Waals surface area contributed by atoms with Gasteiger partial charge in [-0.1, -0.05) is 23.7 Å². The van der Waals surface area contributed by atoms with Gasteiger partial charge in [0.2, 0.25) is 0 Å². The molecule has 2 aliphatic carbocycles. The average Bonchev–Trinajstić information content (AvgIpc) is 3.56. The van der Waals surface area contributed by atoms with E-state index in [1.165, 1.54) is 5.56 Å². The molecule has 2 aromatic heterocycles. The number of halogens is 1. The number of carbonyl (C=O) groups excluding carboxylic acids is 1. The normalized spacial score (nSPS) is 30.3. The van der Waals surface area contributed by atoms with Crippen molar-refractivity contribution in [3.8, 4) is 0 Å². The SMILES string of the molecule is O=C(C1NCC2CC21c1c[nH]c2ncccc12)C1(c2ccc(Cl)cc2)CC1. The molecule has 3 aliphatic rings. The van der Waals surface area contributed by atoms with Gasteiger partial charge >= 0.3 is 0 Å². The molecule has 0 bridgehead atoms. The summed E-state index contributed by atoms with van der Waals surface area (Å²) >= 11 is 6.06. The van der Waals surface area contributed by atoms with Gasteiger partial charge in [-0.15, -0.1) is 0 Å². The Morgan fingerprint density at radius 3 is 2.74 bits per heavy atom. The van der Waals surface area contributed by atoms with E-state index in [9.17, 15) is 4.79 Å². The van der Waals surface area contributed by atoms with Crippen LogP contribution >= 0.6 is 11.6 Å². The fourth-order valence-electron chi connectivity index (χ4n) is 5.40. The Bertz CT molecular complexity index is 1070. The van der Waals surface area contributed by atoms with Crippen molar-refractivity contribution in [1.29, 1.82) is 0 Å². The number of nitrogens with one attached hydrogen (secondary N) is 2. The minimum atomic E-state index is -0.336. The predicted molar refractivity (Wildman–Crippen MR) is 105 cm³/mol. The second kappa shape index (κ2) is 5.21. The molecular formula is C22H20ClN3O. The molecule has 4 nitrogen and oxygen atoms in total. The highest BCUT2D eigenvalue weighted by Gasteiger charge is 2.69. The van der Waals surface area contributed by atoms with Gasteiger partial charge in [0.25, 0.3) is 0 Å². The molecule has 1 aromatic carbocycles. The van der Waals surface area contributed by atoms with Crippen LogP contribution in [0.2, 0.25) is 5.02 Å². The van der Waals surface area contributed by atoms with Crippen molar-refractivity contribution in [2.75, 3.05) is 6.54 Å². The number of aromatic amines is 1. The summed E-state index contributed by atoms with van der Waals surface area (Å²) in [4.78, 5) is 21.5. The van der Waals surface area contributed by atoms with Crippen LogP contribution in [0.15, 0.2) is 48.8 Å². The number of pyridine rings is 1. The summed E-state index contributed by atoms with van der Waals surface area (Å²) in [5, 5.41) is 5.43. The van der Waals surface area contributed by atoms with E-state index in [2.05, 4.69) is 27.5 Å². The Morgan fingerprint density at radius 1 is 1.19 bits per heavy atom. The van der Waals surface area contributed by atoms with Crippen LogP contribution in [-0.2, 0) is 15.6 Å². The number of Topliss-reactive ketones (excluding diaryl/α,β-unsaturated/α-hetero) is 1. The maximum atomic E-state index is 13.8. The van der Waals surface area contributed by atoms with Crippen LogP contribution in [-0.4, -0.2) is 28.3 Å². The van der Waals surface area contributed by atoms with Crippen molar-refractivity contribution in [3.63, 3.8) is 0 Å².